The van der Waals surface area contributed by atoms with Crippen LogP contribution in [0.2, 0.25) is 0 Å². The van der Waals surface area contributed by atoms with Gasteiger partial charge in [-0.3, -0.25) is 4.79 Å². The Morgan fingerprint density at radius 3 is 2.93 bits per heavy atom. The topological polar surface area (TPSA) is 52.1 Å². The Bertz CT molecular complexity index is 328. The molecule has 15 heavy (non-hydrogen) atoms. The summed E-state index contributed by atoms with van der Waals surface area (Å²) in [6.45, 7) is 4.00. The maximum absolute atomic E-state index is 11.0. The molecule has 1 atom stereocenters. The second-order valence-electron chi connectivity index (χ2n) is 3.04. The Labute approximate surface area is 97.6 Å². The second kappa shape index (κ2) is 6.07. The predicted molar refractivity (Wildman–Crippen MR) is 61.2 cm³/mol. The van der Waals surface area contributed by atoms with Gasteiger partial charge in [0.2, 0.25) is 0 Å². The number of esters is 1. The molecule has 4 nitrogen and oxygen atoms in total. The van der Waals surface area contributed by atoms with E-state index in [1.54, 1.807) is 11.8 Å². The number of thioether (sulfide) groups is 1. The average Bonchev–Trinajstić information content (AvgIpc) is 2.65. The van der Waals surface area contributed by atoms with E-state index in [1.165, 1.54) is 18.6 Å². The molecule has 6 heteroatoms. The molecular weight excluding hydrogens is 232 g/mol. The zero-order valence-corrected chi connectivity index (χ0v) is 10.7. The molecule has 0 aliphatic carbocycles. The first-order valence-corrected chi connectivity index (χ1v) is 6.37. The van der Waals surface area contributed by atoms with E-state index < -0.39 is 0 Å². The Balaban J connectivity index is 2.43. The highest BCUT2D eigenvalue weighted by atomic mass is 32.2. The minimum absolute atomic E-state index is 0.176. The monoisotopic (exact) mass is 246 g/mol. The van der Waals surface area contributed by atoms with Gasteiger partial charge in [0.05, 0.1) is 13.5 Å². The molecule has 0 amide bonds. The molecule has 0 radical (unpaired) electrons. The van der Waals surface area contributed by atoms with Crippen LogP contribution in [0.25, 0.3) is 0 Å². The summed E-state index contributed by atoms with van der Waals surface area (Å²) in [5.41, 5.74) is 0. The molecule has 84 valence electrons. The first-order chi connectivity index (χ1) is 7.15. The molecule has 0 aliphatic heterocycles. The first-order valence-electron chi connectivity index (χ1n) is 4.71. The average molecular weight is 246 g/mol. The van der Waals surface area contributed by atoms with Crippen molar-refractivity contribution in [2.45, 2.75) is 36.3 Å². The van der Waals surface area contributed by atoms with Gasteiger partial charge in [-0.15, -0.1) is 0 Å². The molecule has 1 aromatic heterocycles. The Morgan fingerprint density at radius 2 is 2.40 bits per heavy atom. The summed E-state index contributed by atoms with van der Waals surface area (Å²) in [6, 6.07) is 0. The summed E-state index contributed by atoms with van der Waals surface area (Å²) in [5.74, 6) is 0.683. The van der Waals surface area contributed by atoms with E-state index in [0.717, 1.165) is 16.6 Å². The van der Waals surface area contributed by atoms with Crippen LogP contribution in [0.5, 0.6) is 0 Å². The molecule has 1 rings (SSSR count). The molecule has 1 unspecified atom stereocenters. The van der Waals surface area contributed by atoms with Crippen molar-refractivity contribution in [3.05, 3.63) is 5.82 Å². The van der Waals surface area contributed by atoms with Crippen LogP contribution in [-0.2, 0) is 16.0 Å². The van der Waals surface area contributed by atoms with Crippen molar-refractivity contribution < 1.29 is 9.53 Å². The molecule has 0 fully saturated rings. The molecule has 0 saturated carbocycles. The van der Waals surface area contributed by atoms with Crippen molar-refractivity contribution in [3.8, 4) is 0 Å². The fourth-order valence-corrected chi connectivity index (χ4v) is 2.96. The quantitative estimate of drug-likeness (QED) is 0.588. The fourth-order valence-electron chi connectivity index (χ4n) is 0.961. The highest BCUT2D eigenvalue weighted by molar-refractivity contribution is 8.01. The number of aromatic nitrogens is 2. The number of hydrogen-bond donors (Lipinski definition) is 0. The minimum atomic E-state index is -0.185. The normalized spacial score (nSPS) is 12.5. The Kier molecular flexibility index (Phi) is 5.04. The third-order valence-electron chi connectivity index (χ3n) is 1.75. The third-order valence-corrected chi connectivity index (χ3v) is 3.67. The molecule has 1 heterocycles. The van der Waals surface area contributed by atoms with Crippen LogP contribution < -0.4 is 0 Å². The van der Waals surface area contributed by atoms with Gasteiger partial charge in [-0.2, -0.15) is 4.37 Å². The van der Waals surface area contributed by atoms with Gasteiger partial charge >= 0.3 is 5.97 Å². The highest BCUT2D eigenvalue weighted by Gasteiger charge is 2.13. The van der Waals surface area contributed by atoms with Crippen LogP contribution in [0.15, 0.2) is 4.34 Å². The van der Waals surface area contributed by atoms with Crippen LogP contribution in [0.1, 0.15) is 26.1 Å². The van der Waals surface area contributed by atoms with Crippen molar-refractivity contribution >= 4 is 29.3 Å². The second-order valence-corrected chi connectivity index (χ2v) is 5.48. The van der Waals surface area contributed by atoms with E-state index in [1.807, 2.05) is 13.8 Å². The Morgan fingerprint density at radius 1 is 1.67 bits per heavy atom. The van der Waals surface area contributed by atoms with Crippen LogP contribution in [0.4, 0.5) is 0 Å². The number of nitrogens with zero attached hydrogens (tertiary/aromatic N) is 2. The van der Waals surface area contributed by atoms with Crippen molar-refractivity contribution in [2.75, 3.05) is 7.11 Å². The van der Waals surface area contributed by atoms with Gasteiger partial charge in [-0.05, 0) is 11.5 Å². The lowest BCUT2D eigenvalue weighted by molar-refractivity contribution is -0.140. The molecule has 0 spiro atoms. The van der Waals surface area contributed by atoms with Gasteiger partial charge in [0.25, 0.3) is 0 Å². The number of rotatable bonds is 5. The summed E-state index contributed by atoms with van der Waals surface area (Å²) in [6.07, 6.45) is 1.25. The maximum Gasteiger partial charge on any atom is 0.306 e. The van der Waals surface area contributed by atoms with Crippen molar-refractivity contribution in [1.82, 2.24) is 9.36 Å². The Hall–Kier alpha value is -0.620. The number of carbonyl (C=O) groups is 1. The van der Waals surface area contributed by atoms with Gasteiger partial charge in [-0.25, -0.2) is 4.98 Å². The standard InChI is InChI=1S/C9H14N2O2S2/c1-4-7-10-9(15-11-7)14-6(2)5-8(12)13-3/h6H,4-5H2,1-3H3. The zero-order valence-electron chi connectivity index (χ0n) is 9.02. The summed E-state index contributed by atoms with van der Waals surface area (Å²) >= 11 is 2.95. The summed E-state index contributed by atoms with van der Waals surface area (Å²) in [7, 11) is 1.40. The summed E-state index contributed by atoms with van der Waals surface area (Å²) in [5, 5.41) is 0.176. The third kappa shape index (κ3) is 4.17. The van der Waals surface area contributed by atoms with Gasteiger partial charge in [0, 0.05) is 11.7 Å². The number of methoxy groups -OCH3 is 1. The zero-order chi connectivity index (χ0) is 11.3. The fraction of sp³-hybridized carbons (Fsp3) is 0.667. The number of ether oxygens (including phenoxy) is 1. The summed E-state index contributed by atoms with van der Waals surface area (Å²) < 4.78 is 9.70. The lowest BCUT2D eigenvalue weighted by Crippen LogP contribution is -2.08. The predicted octanol–water partition coefficient (Wildman–Crippen LogP) is 2.14. The molecule has 0 saturated heterocycles. The van der Waals surface area contributed by atoms with E-state index in [9.17, 15) is 4.79 Å². The molecule has 0 aliphatic rings. The SMILES string of the molecule is CCc1nsc(SC(C)CC(=O)OC)n1. The van der Waals surface area contributed by atoms with Crippen LogP contribution >= 0.6 is 23.3 Å². The molecule has 0 aromatic carbocycles. The van der Waals surface area contributed by atoms with Gasteiger partial charge in [0.15, 0.2) is 4.34 Å². The van der Waals surface area contributed by atoms with Gasteiger partial charge in [0.1, 0.15) is 5.82 Å². The van der Waals surface area contributed by atoms with Gasteiger partial charge in [-0.1, -0.05) is 25.6 Å². The minimum Gasteiger partial charge on any atom is -0.469 e. The van der Waals surface area contributed by atoms with Crippen LogP contribution in [0, 0.1) is 0 Å². The highest BCUT2D eigenvalue weighted by Crippen LogP contribution is 2.26. The van der Waals surface area contributed by atoms with E-state index >= 15 is 0 Å². The van der Waals surface area contributed by atoms with Gasteiger partial charge < -0.3 is 4.74 Å². The number of aryl methyl sites for hydroxylation is 1. The number of carbonyl (C=O) groups excluding carboxylic acids is 1. The smallest absolute Gasteiger partial charge is 0.306 e. The largest absolute Gasteiger partial charge is 0.469 e. The van der Waals surface area contributed by atoms with Crippen molar-refractivity contribution in [1.29, 1.82) is 0 Å². The van der Waals surface area contributed by atoms with Crippen LogP contribution in [0.3, 0.4) is 0 Å². The maximum atomic E-state index is 11.0. The molecule has 1 aromatic rings. The molecule has 0 N–H and O–H groups in total. The summed E-state index contributed by atoms with van der Waals surface area (Å²) in [4.78, 5) is 15.3. The number of hydrogen-bond acceptors (Lipinski definition) is 6. The van der Waals surface area contributed by atoms with E-state index in [4.69, 9.17) is 0 Å². The molecular formula is C9H14N2O2S2. The van der Waals surface area contributed by atoms with E-state index in [2.05, 4.69) is 14.1 Å². The lowest BCUT2D eigenvalue weighted by atomic mass is 10.3. The molecule has 0 bridgehead atoms. The van der Waals surface area contributed by atoms with E-state index in [0.29, 0.717) is 6.42 Å². The van der Waals surface area contributed by atoms with E-state index in [-0.39, 0.29) is 11.2 Å². The van der Waals surface area contributed by atoms with Crippen molar-refractivity contribution in [3.63, 3.8) is 0 Å². The lowest BCUT2D eigenvalue weighted by Gasteiger charge is -2.05. The first kappa shape index (κ1) is 12.4. The van der Waals surface area contributed by atoms with Crippen LogP contribution in [-0.4, -0.2) is 27.7 Å². The van der Waals surface area contributed by atoms with Crippen molar-refractivity contribution in [2.24, 2.45) is 0 Å².